The third kappa shape index (κ3) is 3.13. The fraction of sp³-hybridized carbons (Fsp3) is 0.263. The molecule has 0 atom stereocenters. The summed E-state index contributed by atoms with van der Waals surface area (Å²) in [6.07, 6.45) is 2.04. The number of hydrogen-bond donors (Lipinski definition) is 1. The number of fused-ring (bicyclic) bond motifs is 1. The molecule has 6 nitrogen and oxygen atoms in total. The van der Waals surface area contributed by atoms with Crippen molar-refractivity contribution in [2.45, 2.75) is 6.54 Å². The van der Waals surface area contributed by atoms with E-state index in [1.807, 2.05) is 23.2 Å². The highest BCUT2D eigenvalue weighted by molar-refractivity contribution is 5.83. The standard InChI is InChI=1S/C19H19FN4O2/c20-15-5-6-18(19(11-15)24(25)26)23-9-7-22(8-10-23)13-14-12-21-17-4-2-1-3-16(14)17/h1-6,11-12,21H,7-10,13H2. The number of rotatable bonds is 4. The SMILES string of the molecule is O=[N+]([O-])c1cc(F)ccc1N1CCN(Cc2c[nH]c3ccccc23)CC1. The summed E-state index contributed by atoms with van der Waals surface area (Å²) >= 11 is 0. The number of nitrogens with zero attached hydrogens (tertiary/aromatic N) is 3. The van der Waals surface area contributed by atoms with Crippen molar-refractivity contribution >= 4 is 22.3 Å². The Balaban J connectivity index is 1.45. The lowest BCUT2D eigenvalue weighted by Gasteiger charge is -2.35. The number of nitro groups is 1. The van der Waals surface area contributed by atoms with E-state index in [-0.39, 0.29) is 5.69 Å². The number of aromatic amines is 1. The van der Waals surface area contributed by atoms with Crippen molar-refractivity contribution in [1.82, 2.24) is 9.88 Å². The van der Waals surface area contributed by atoms with Gasteiger partial charge in [0.25, 0.3) is 5.69 Å². The van der Waals surface area contributed by atoms with E-state index in [1.165, 1.54) is 23.1 Å². The lowest BCUT2D eigenvalue weighted by atomic mass is 10.1. The van der Waals surface area contributed by atoms with Crippen molar-refractivity contribution in [3.63, 3.8) is 0 Å². The summed E-state index contributed by atoms with van der Waals surface area (Å²) in [6, 6.07) is 12.0. The Morgan fingerprint density at radius 1 is 1.12 bits per heavy atom. The molecule has 0 aliphatic carbocycles. The van der Waals surface area contributed by atoms with Gasteiger partial charge in [-0.05, 0) is 23.8 Å². The number of nitro benzene ring substituents is 1. The second-order valence-corrected chi connectivity index (χ2v) is 6.51. The molecule has 1 fully saturated rings. The van der Waals surface area contributed by atoms with Crippen LogP contribution in [0.3, 0.4) is 0 Å². The van der Waals surface area contributed by atoms with Gasteiger partial charge in [-0.2, -0.15) is 0 Å². The van der Waals surface area contributed by atoms with Gasteiger partial charge in [-0.3, -0.25) is 15.0 Å². The molecule has 1 aliphatic rings. The molecule has 1 saturated heterocycles. The molecule has 0 bridgehead atoms. The molecule has 1 N–H and O–H groups in total. The Kier molecular flexibility index (Phi) is 4.30. The smallest absolute Gasteiger partial charge is 0.295 e. The molecule has 134 valence electrons. The van der Waals surface area contributed by atoms with Crippen LogP contribution >= 0.6 is 0 Å². The summed E-state index contributed by atoms with van der Waals surface area (Å²) in [4.78, 5) is 18.3. The van der Waals surface area contributed by atoms with Crippen LogP contribution in [0.1, 0.15) is 5.56 Å². The molecule has 0 amide bonds. The first kappa shape index (κ1) is 16.5. The Bertz CT molecular complexity index is 948. The minimum Gasteiger partial charge on any atom is -0.363 e. The molecular formula is C19H19FN4O2. The maximum Gasteiger partial charge on any atom is 0.295 e. The fourth-order valence-corrected chi connectivity index (χ4v) is 3.56. The van der Waals surface area contributed by atoms with Crippen LogP contribution in [0.2, 0.25) is 0 Å². The number of halogens is 1. The van der Waals surface area contributed by atoms with Crippen LogP contribution in [0.25, 0.3) is 10.9 Å². The molecule has 1 aliphatic heterocycles. The van der Waals surface area contributed by atoms with Gasteiger partial charge >= 0.3 is 0 Å². The van der Waals surface area contributed by atoms with Crippen molar-refractivity contribution in [3.8, 4) is 0 Å². The van der Waals surface area contributed by atoms with E-state index >= 15 is 0 Å². The zero-order valence-corrected chi connectivity index (χ0v) is 14.2. The Morgan fingerprint density at radius 2 is 1.88 bits per heavy atom. The lowest BCUT2D eigenvalue weighted by molar-refractivity contribution is -0.384. The zero-order valence-electron chi connectivity index (χ0n) is 14.2. The minimum atomic E-state index is -0.585. The molecule has 3 aromatic rings. The maximum absolute atomic E-state index is 13.3. The molecular weight excluding hydrogens is 335 g/mol. The molecule has 0 saturated carbocycles. The summed E-state index contributed by atoms with van der Waals surface area (Å²) in [6.45, 7) is 3.79. The zero-order chi connectivity index (χ0) is 18.1. The van der Waals surface area contributed by atoms with E-state index in [9.17, 15) is 14.5 Å². The van der Waals surface area contributed by atoms with Crippen LogP contribution in [0.4, 0.5) is 15.8 Å². The topological polar surface area (TPSA) is 65.4 Å². The molecule has 0 unspecified atom stereocenters. The first-order valence-electron chi connectivity index (χ1n) is 8.58. The van der Waals surface area contributed by atoms with Gasteiger partial charge in [0, 0.05) is 49.8 Å². The third-order valence-corrected chi connectivity index (χ3v) is 4.92. The van der Waals surface area contributed by atoms with Gasteiger partial charge in [-0.15, -0.1) is 0 Å². The van der Waals surface area contributed by atoms with E-state index in [4.69, 9.17) is 0 Å². The number of para-hydroxylation sites is 1. The van der Waals surface area contributed by atoms with Crippen molar-refractivity contribution in [3.05, 3.63) is 70.2 Å². The van der Waals surface area contributed by atoms with Gasteiger partial charge in [0.15, 0.2) is 0 Å². The Hall–Kier alpha value is -2.93. The van der Waals surface area contributed by atoms with Gasteiger partial charge in [-0.1, -0.05) is 18.2 Å². The minimum absolute atomic E-state index is 0.171. The van der Waals surface area contributed by atoms with Gasteiger partial charge in [0.05, 0.1) is 11.0 Å². The summed E-state index contributed by atoms with van der Waals surface area (Å²) in [5, 5.41) is 12.4. The first-order valence-corrected chi connectivity index (χ1v) is 8.58. The number of aromatic nitrogens is 1. The Morgan fingerprint density at radius 3 is 2.65 bits per heavy atom. The molecule has 1 aromatic heterocycles. The van der Waals surface area contributed by atoms with E-state index in [1.54, 1.807) is 0 Å². The van der Waals surface area contributed by atoms with Crippen LogP contribution in [-0.2, 0) is 6.54 Å². The van der Waals surface area contributed by atoms with Crippen LogP contribution in [0.15, 0.2) is 48.7 Å². The van der Waals surface area contributed by atoms with Crippen LogP contribution in [-0.4, -0.2) is 41.0 Å². The Labute approximate surface area is 150 Å². The number of nitrogens with one attached hydrogen (secondary N) is 1. The highest BCUT2D eigenvalue weighted by atomic mass is 19.1. The number of piperazine rings is 1. The van der Waals surface area contributed by atoms with Crippen molar-refractivity contribution in [2.24, 2.45) is 0 Å². The monoisotopic (exact) mass is 354 g/mol. The van der Waals surface area contributed by atoms with Gasteiger partial charge in [0.2, 0.25) is 0 Å². The highest BCUT2D eigenvalue weighted by Crippen LogP contribution is 2.30. The average molecular weight is 354 g/mol. The maximum atomic E-state index is 13.3. The lowest BCUT2D eigenvalue weighted by Crippen LogP contribution is -2.46. The summed E-state index contributed by atoms with van der Waals surface area (Å²) in [5.74, 6) is -0.585. The van der Waals surface area contributed by atoms with Gasteiger partial charge in [0.1, 0.15) is 11.5 Å². The number of hydrogen-bond acceptors (Lipinski definition) is 4. The van der Waals surface area contributed by atoms with Gasteiger partial charge in [-0.25, -0.2) is 4.39 Å². The van der Waals surface area contributed by atoms with Gasteiger partial charge < -0.3 is 9.88 Å². The van der Waals surface area contributed by atoms with E-state index in [0.29, 0.717) is 18.8 Å². The second-order valence-electron chi connectivity index (χ2n) is 6.51. The molecule has 26 heavy (non-hydrogen) atoms. The van der Waals surface area contributed by atoms with E-state index < -0.39 is 10.7 Å². The average Bonchev–Trinajstić information content (AvgIpc) is 3.05. The largest absolute Gasteiger partial charge is 0.363 e. The van der Waals surface area contributed by atoms with E-state index in [0.717, 1.165) is 31.2 Å². The third-order valence-electron chi connectivity index (χ3n) is 4.92. The number of H-pyrrole nitrogens is 1. The fourth-order valence-electron chi connectivity index (χ4n) is 3.56. The van der Waals surface area contributed by atoms with E-state index in [2.05, 4.69) is 22.0 Å². The van der Waals surface area contributed by atoms with Crippen molar-refractivity contribution in [1.29, 1.82) is 0 Å². The summed E-state index contributed by atoms with van der Waals surface area (Å²) in [5.41, 5.74) is 2.70. The number of anilines is 1. The van der Waals surface area contributed by atoms with Crippen LogP contribution in [0, 0.1) is 15.9 Å². The van der Waals surface area contributed by atoms with Crippen LogP contribution < -0.4 is 4.90 Å². The normalized spacial score (nSPS) is 15.5. The quantitative estimate of drug-likeness (QED) is 0.575. The molecule has 2 heterocycles. The van der Waals surface area contributed by atoms with Crippen LogP contribution in [0.5, 0.6) is 0 Å². The molecule has 0 spiro atoms. The predicted octanol–water partition coefficient (Wildman–Crippen LogP) is 3.54. The second kappa shape index (κ2) is 6.76. The molecule has 0 radical (unpaired) electrons. The first-order chi connectivity index (χ1) is 12.6. The molecule has 7 heteroatoms. The van der Waals surface area contributed by atoms with Crippen molar-refractivity contribution in [2.75, 3.05) is 31.1 Å². The summed E-state index contributed by atoms with van der Waals surface area (Å²) in [7, 11) is 0. The summed E-state index contributed by atoms with van der Waals surface area (Å²) < 4.78 is 13.3. The number of benzene rings is 2. The highest BCUT2D eigenvalue weighted by Gasteiger charge is 2.24. The van der Waals surface area contributed by atoms with Crippen molar-refractivity contribution < 1.29 is 9.31 Å². The molecule has 2 aromatic carbocycles. The predicted molar refractivity (Wildman–Crippen MR) is 98.8 cm³/mol. The molecule has 4 rings (SSSR count).